The molecule has 4 heteroatoms. The molecule has 2 aliphatic rings. The molecule has 2 unspecified atom stereocenters. The first-order valence-electron chi connectivity index (χ1n) is 8.13. The minimum absolute atomic E-state index is 0.0485. The summed E-state index contributed by atoms with van der Waals surface area (Å²) in [5, 5.41) is 5.80. The number of carbonyl (C=O) groups excluding carboxylic acids is 2. The van der Waals surface area contributed by atoms with E-state index in [0.717, 1.165) is 12.8 Å². The number of hydrogen-bond donors (Lipinski definition) is 2. The van der Waals surface area contributed by atoms with Gasteiger partial charge in [0.1, 0.15) is 5.92 Å². The van der Waals surface area contributed by atoms with Crippen molar-refractivity contribution in [2.75, 3.05) is 13.1 Å². The van der Waals surface area contributed by atoms with Crippen molar-refractivity contribution in [2.24, 2.45) is 17.3 Å². The number of hydrogen-bond acceptors (Lipinski definition) is 2. The summed E-state index contributed by atoms with van der Waals surface area (Å²) in [7, 11) is 0. The predicted molar refractivity (Wildman–Crippen MR) is 83.6 cm³/mol. The molecule has 0 saturated carbocycles. The SMILES string of the molecule is CC(C)(C)C1CNC(=O)C1C(=O)NCCC1=CCCCC1. The van der Waals surface area contributed by atoms with Gasteiger partial charge in [0.2, 0.25) is 11.8 Å². The first-order valence-corrected chi connectivity index (χ1v) is 8.13. The summed E-state index contributed by atoms with van der Waals surface area (Å²) >= 11 is 0. The molecular weight excluding hydrogens is 264 g/mol. The Morgan fingerprint density at radius 1 is 1.38 bits per heavy atom. The Kier molecular flexibility index (Phi) is 5.07. The molecule has 0 bridgehead atoms. The Morgan fingerprint density at radius 2 is 2.14 bits per heavy atom. The second kappa shape index (κ2) is 6.63. The minimum Gasteiger partial charge on any atom is -0.355 e. The van der Waals surface area contributed by atoms with E-state index in [1.165, 1.54) is 24.8 Å². The zero-order valence-electron chi connectivity index (χ0n) is 13.5. The Bertz CT molecular complexity index is 435. The molecule has 0 aromatic carbocycles. The number of amides is 2. The fourth-order valence-corrected chi connectivity index (χ4v) is 3.32. The molecule has 1 aliphatic carbocycles. The average molecular weight is 292 g/mol. The molecular formula is C17H28N2O2. The van der Waals surface area contributed by atoms with Gasteiger partial charge in [-0.05, 0) is 37.5 Å². The standard InChI is InChI=1S/C17H28N2O2/c1-17(2,3)13-11-19-16(21)14(13)15(20)18-10-9-12-7-5-4-6-8-12/h7,13-14H,4-6,8-11H2,1-3H3,(H,18,20)(H,19,21). The first-order chi connectivity index (χ1) is 9.89. The van der Waals surface area contributed by atoms with Gasteiger partial charge in [-0.1, -0.05) is 32.4 Å². The number of nitrogens with one attached hydrogen (secondary N) is 2. The Balaban J connectivity index is 1.86. The highest BCUT2D eigenvalue weighted by Crippen LogP contribution is 2.35. The van der Waals surface area contributed by atoms with Crippen LogP contribution in [0, 0.1) is 17.3 Å². The van der Waals surface area contributed by atoms with Crippen molar-refractivity contribution >= 4 is 11.8 Å². The lowest BCUT2D eigenvalue weighted by Gasteiger charge is -2.29. The van der Waals surface area contributed by atoms with E-state index >= 15 is 0 Å². The van der Waals surface area contributed by atoms with Crippen LogP contribution in [0.25, 0.3) is 0 Å². The van der Waals surface area contributed by atoms with Crippen molar-refractivity contribution in [2.45, 2.75) is 52.9 Å². The number of rotatable bonds is 4. The lowest BCUT2D eigenvalue weighted by Crippen LogP contribution is -2.41. The van der Waals surface area contributed by atoms with Crippen LogP contribution in [0.15, 0.2) is 11.6 Å². The highest BCUT2D eigenvalue weighted by Gasteiger charge is 2.45. The summed E-state index contributed by atoms with van der Waals surface area (Å²) in [5.41, 5.74) is 1.40. The molecule has 1 fully saturated rings. The van der Waals surface area contributed by atoms with Gasteiger partial charge in [-0.15, -0.1) is 0 Å². The van der Waals surface area contributed by atoms with Crippen LogP contribution in [0.3, 0.4) is 0 Å². The molecule has 2 amide bonds. The van der Waals surface area contributed by atoms with Crippen LogP contribution < -0.4 is 10.6 Å². The topological polar surface area (TPSA) is 58.2 Å². The molecule has 0 aromatic heterocycles. The van der Waals surface area contributed by atoms with Crippen LogP contribution >= 0.6 is 0 Å². The molecule has 2 N–H and O–H groups in total. The summed E-state index contributed by atoms with van der Waals surface area (Å²) in [5.74, 6) is -0.699. The van der Waals surface area contributed by atoms with Crippen molar-refractivity contribution in [3.05, 3.63) is 11.6 Å². The normalized spacial score (nSPS) is 26.2. The quantitative estimate of drug-likeness (QED) is 0.617. The van der Waals surface area contributed by atoms with Gasteiger partial charge in [-0.25, -0.2) is 0 Å². The van der Waals surface area contributed by atoms with Gasteiger partial charge in [0.25, 0.3) is 0 Å². The van der Waals surface area contributed by atoms with E-state index in [1.807, 2.05) is 0 Å². The van der Waals surface area contributed by atoms with E-state index in [0.29, 0.717) is 13.1 Å². The van der Waals surface area contributed by atoms with Crippen LogP contribution in [-0.2, 0) is 9.59 Å². The van der Waals surface area contributed by atoms with E-state index < -0.39 is 5.92 Å². The summed E-state index contributed by atoms with van der Waals surface area (Å²) < 4.78 is 0. The van der Waals surface area contributed by atoms with Crippen LogP contribution in [-0.4, -0.2) is 24.9 Å². The van der Waals surface area contributed by atoms with E-state index in [-0.39, 0.29) is 23.1 Å². The van der Waals surface area contributed by atoms with Crippen LogP contribution in [0.2, 0.25) is 0 Å². The van der Waals surface area contributed by atoms with Gasteiger partial charge in [-0.3, -0.25) is 9.59 Å². The molecule has 21 heavy (non-hydrogen) atoms. The van der Waals surface area contributed by atoms with E-state index in [1.54, 1.807) is 0 Å². The summed E-state index contributed by atoms with van der Waals surface area (Å²) in [4.78, 5) is 24.3. The molecule has 2 rings (SSSR count). The molecule has 0 radical (unpaired) electrons. The maximum absolute atomic E-state index is 12.4. The highest BCUT2D eigenvalue weighted by molar-refractivity contribution is 6.02. The van der Waals surface area contributed by atoms with Gasteiger partial charge < -0.3 is 10.6 Å². The molecule has 0 aromatic rings. The lowest BCUT2D eigenvalue weighted by atomic mass is 9.74. The zero-order chi connectivity index (χ0) is 15.5. The number of allylic oxidation sites excluding steroid dienone is 1. The van der Waals surface area contributed by atoms with Crippen molar-refractivity contribution in [1.82, 2.24) is 10.6 Å². The zero-order valence-corrected chi connectivity index (χ0v) is 13.5. The molecule has 1 aliphatic heterocycles. The Morgan fingerprint density at radius 3 is 2.76 bits per heavy atom. The minimum atomic E-state index is -0.537. The Hall–Kier alpha value is -1.32. The third-order valence-corrected chi connectivity index (χ3v) is 4.71. The fraction of sp³-hybridized carbons (Fsp3) is 0.765. The van der Waals surface area contributed by atoms with Crippen LogP contribution in [0.5, 0.6) is 0 Å². The van der Waals surface area contributed by atoms with Crippen molar-refractivity contribution in [1.29, 1.82) is 0 Å². The first kappa shape index (κ1) is 16.1. The van der Waals surface area contributed by atoms with Crippen LogP contribution in [0.4, 0.5) is 0 Å². The largest absolute Gasteiger partial charge is 0.355 e. The fourth-order valence-electron chi connectivity index (χ4n) is 3.32. The number of carbonyl (C=O) groups is 2. The van der Waals surface area contributed by atoms with Gasteiger partial charge in [-0.2, -0.15) is 0 Å². The molecule has 2 atom stereocenters. The van der Waals surface area contributed by atoms with Gasteiger partial charge in [0.05, 0.1) is 0 Å². The van der Waals surface area contributed by atoms with E-state index in [4.69, 9.17) is 0 Å². The lowest BCUT2D eigenvalue weighted by molar-refractivity contribution is -0.135. The monoisotopic (exact) mass is 292 g/mol. The third kappa shape index (κ3) is 4.08. The van der Waals surface area contributed by atoms with Crippen LogP contribution in [0.1, 0.15) is 52.9 Å². The average Bonchev–Trinajstić information content (AvgIpc) is 2.82. The predicted octanol–water partition coefficient (Wildman–Crippen LogP) is 2.40. The molecule has 0 spiro atoms. The summed E-state index contributed by atoms with van der Waals surface area (Å²) in [6, 6.07) is 0. The van der Waals surface area contributed by atoms with Gasteiger partial charge in [0, 0.05) is 19.0 Å². The Labute approximate surface area is 127 Å². The van der Waals surface area contributed by atoms with Crippen molar-refractivity contribution in [3.8, 4) is 0 Å². The summed E-state index contributed by atoms with van der Waals surface area (Å²) in [6.07, 6.45) is 8.09. The second-order valence-corrected chi connectivity index (χ2v) is 7.34. The van der Waals surface area contributed by atoms with Gasteiger partial charge in [0.15, 0.2) is 0 Å². The molecule has 1 heterocycles. The molecule has 1 saturated heterocycles. The molecule has 4 nitrogen and oxygen atoms in total. The molecule has 118 valence electrons. The maximum atomic E-state index is 12.4. The maximum Gasteiger partial charge on any atom is 0.232 e. The van der Waals surface area contributed by atoms with Gasteiger partial charge >= 0.3 is 0 Å². The van der Waals surface area contributed by atoms with Crippen molar-refractivity contribution < 1.29 is 9.59 Å². The van der Waals surface area contributed by atoms with Crippen molar-refractivity contribution in [3.63, 3.8) is 0 Å². The third-order valence-electron chi connectivity index (χ3n) is 4.71. The highest BCUT2D eigenvalue weighted by atomic mass is 16.2. The smallest absolute Gasteiger partial charge is 0.232 e. The van der Waals surface area contributed by atoms with E-state index in [9.17, 15) is 9.59 Å². The van der Waals surface area contributed by atoms with E-state index in [2.05, 4.69) is 37.5 Å². The summed E-state index contributed by atoms with van der Waals surface area (Å²) in [6.45, 7) is 7.51. The second-order valence-electron chi connectivity index (χ2n) is 7.34.